The van der Waals surface area contributed by atoms with Crippen molar-refractivity contribution < 1.29 is 14.4 Å². The van der Waals surface area contributed by atoms with Crippen LogP contribution in [0.25, 0.3) is 0 Å². The quantitative estimate of drug-likeness (QED) is 0.343. The molecule has 7 nitrogen and oxygen atoms in total. The third-order valence-corrected chi connectivity index (χ3v) is 4.82. The van der Waals surface area contributed by atoms with Gasteiger partial charge in [0.2, 0.25) is 0 Å². The normalized spacial score (nSPS) is 15.0. The molecular weight excluding hydrogens is 334 g/mol. The zero-order valence-corrected chi connectivity index (χ0v) is 14.8. The second-order valence-electron chi connectivity index (χ2n) is 6.71. The molecule has 0 atom stereocenters. The highest BCUT2D eigenvalue weighted by molar-refractivity contribution is 5.43. The molecule has 1 aliphatic rings. The molecular formula is C19H23N3O4. The van der Waals surface area contributed by atoms with Crippen LogP contribution in [0.5, 0.6) is 5.75 Å². The highest BCUT2D eigenvalue weighted by Crippen LogP contribution is 2.25. The predicted molar refractivity (Wildman–Crippen MR) is 98.3 cm³/mol. The van der Waals surface area contributed by atoms with Crippen molar-refractivity contribution in [2.45, 2.75) is 26.2 Å². The number of nitrogens with zero attached hydrogens (tertiary/aromatic N) is 3. The van der Waals surface area contributed by atoms with Crippen molar-refractivity contribution in [1.82, 2.24) is 0 Å². The Bertz CT molecular complexity index is 773. The molecule has 3 rings (SSSR count). The van der Waals surface area contributed by atoms with Crippen LogP contribution in [-0.2, 0) is 0 Å². The third kappa shape index (κ3) is 4.41. The smallest absolute Gasteiger partial charge is 0.286 e. The second kappa shape index (κ2) is 8.03. The predicted octanol–water partition coefficient (Wildman–Crippen LogP) is 3.22. The van der Waals surface area contributed by atoms with E-state index in [1.54, 1.807) is 0 Å². The van der Waals surface area contributed by atoms with E-state index in [4.69, 9.17) is 4.74 Å². The molecule has 0 unspecified atom stereocenters. The summed E-state index contributed by atoms with van der Waals surface area (Å²) in [7, 11) is 0. The monoisotopic (exact) mass is 357 g/mol. The van der Waals surface area contributed by atoms with Gasteiger partial charge < -0.3 is 9.94 Å². The molecule has 0 radical (unpaired) electrons. The SMILES string of the molecule is Cc1cccc(OCCC2CCN(c3cc([N+](=O)[O-])cc[n+]3[O-])CC2)c1. The fraction of sp³-hybridized carbons (Fsp3) is 0.421. The largest absolute Gasteiger partial charge is 0.711 e. The summed E-state index contributed by atoms with van der Waals surface area (Å²) in [5.41, 5.74) is 1.12. The summed E-state index contributed by atoms with van der Waals surface area (Å²) in [5.74, 6) is 1.79. The number of nitro groups is 1. The number of piperidine rings is 1. The topological polar surface area (TPSA) is 82.5 Å². The van der Waals surface area contributed by atoms with E-state index >= 15 is 0 Å². The van der Waals surface area contributed by atoms with E-state index in [0.29, 0.717) is 23.1 Å². The van der Waals surface area contributed by atoms with E-state index < -0.39 is 4.92 Å². The lowest BCUT2D eigenvalue weighted by molar-refractivity contribution is -0.593. The average molecular weight is 357 g/mol. The molecule has 0 saturated carbocycles. The van der Waals surface area contributed by atoms with Gasteiger partial charge in [-0.25, -0.2) is 4.73 Å². The summed E-state index contributed by atoms with van der Waals surface area (Å²) in [6.07, 6.45) is 4.06. The van der Waals surface area contributed by atoms with Gasteiger partial charge in [0.15, 0.2) is 0 Å². The molecule has 1 aromatic heterocycles. The lowest BCUT2D eigenvalue weighted by Gasteiger charge is -2.29. The first-order valence-corrected chi connectivity index (χ1v) is 8.85. The lowest BCUT2D eigenvalue weighted by Crippen LogP contribution is -2.42. The maximum absolute atomic E-state index is 12.0. The molecule has 1 fully saturated rings. The van der Waals surface area contributed by atoms with Gasteiger partial charge in [0, 0.05) is 0 Å². The Hall–Kier alpha value is -2.83. The molecule has 1 aliphatic heterocycles. The van der Waals surface area contributed by atoms with Gasteiger partial charge in [-0.05, 0) is 49.8 Å². The molecule has 7 heteroatoms. The third-order valence-electron chi connectivity index (χ3n) is 4.82. The number of pyridine rings is 1. The average Bonchev–Trinajstić information content (AvgIpc) is 2.63. The van der Waals surface area contributed by atoms with Gasteiger partial charge in [0.25, 0.3) is 11.5 Å². The number of rotatable bonds is 6. The first-order chi connectivity index (χ1) is 12.5. The van der Waals surface area contributed by atoms with Crippen molar-refractivity contribution in [3.05, 3.63) is 63.5 Å². The van der Waals surface area contributed by atoms with Gasteiger partial charge in [-0.2, -0.15) is 0 Å². The van der Waals surface area contributed by atoms with E-state index in [-0.39, 0.29) is 5.69 Å². The van der Waals surface area contributed by atoms with Crippen molar-refractivity contribution in [3.8, 4) is 5.75 Å². The summed E-state index contributed by atoms with van der Waals surface area (Å²) >= 11 is 0. The Kier molecular flexibility index (Phi) is 5.55. The zero-order valence-electron chi connectivity index (χ0n) is 14.8. The standard InChI is InChI=1S/C19H23N3O4/c1-15-3-2-4-18(13-15)26-12-8-16-5-9-20(10-6-16)19-14-17(22(24)25)7-11-21(19)23/h2-4,7,11,13-14,16H,5-6,8-10,12H2,1H3. The zero-order chi connectivity index (χ0) is 18.5. The molecule has 0 N–H and O–H groups in total. The van der Waals surface area contributed by atoms with Gasteiger partial charge in [0.1, 0.15) is 18.0 Å². The Morgan fingerprint density at radius 3 is 2.73 bits per heavy atom. The van der Waals surface area contributed by atoms with Crippen LogP contribution in [0.1, 0.15) is 24.8 Å². The Morgan fingerprint density at radius 1 is 1.27 bits per heavy atom. The van der Waals surface area contributed by atoms with Crippen LogP contribution >= 0.6 is 0 Å². The highest BCUT2D eigenvalue weighted by Gasteiger charge is 2.27. The van der Waals surface area contributed by atoms with E-state index in [0.717, 1.165) is 38.1 Å². The summed E-state index contributed by atoms with van der Waals surface area (Å²) in [5, 5.41) is 22.9. The van der Waals surface area contributed by atoms with Gasteiger partial charge in [-0.15, -0.1) is 0 Å². The lowest BCUT2D eigenvalue weighted by atomic mass is 9.94. The number of benzene rings is 1. The van der Waals surface area contributed by atoms with Crippen LogP contribution in [0, 0.1) is 28.2 Å². The molecule has 0 aliphatic carbocycles. The number of hydrogen-bond acceptors (Lipinski definition) is 5. The Morgan fingerprint density at radius 2 is 2.04 bits per heavy atom. The second-order valence-corrected chi connectivity index (χ2v) is 6.71. The molecule has 0 bridgehead atoms. The highest BCUT2D eigenvalue weighted by atomic mass is 16.6. The van der Waals surface area contributed by atoms with Crippen molar-refractivity contribution in [2.75, 3.05) is 24.6 Å². The Labute approximate surface area is 152 Å². The van der Waals surface area contributed by atoms with Crippen molar-refractivity contribution >= 4 is 11.5 Å². The number of hydrogen-bond donors (Lipinski definition) is 0. The summed E-state index contributed by atoms with van der Waals surface area (Å²) in [4.78, 5) is 12.4. The van der Waals surface area contributed by atoms with Crippen LogP contribution in [0.3, 0.4) is 0 Å². The molecule has 138 valence electrons. The Balaban J connectivity index is 1.50. The van der Waals surface area contributed by atoms with E-state index in [1.807, 2.05) is 36.1 Å². The maximum Gasteiger partial charge on any atom is 0.286 e. The van der Waals surface area contributed by atoms with E-state index in [9.17, 15) is 15.3 Å². The van der Waals surface area contributed by atoms with Gasteiger partial charge >= 0.3 is 0 Å². The first kappa shape index (κ1) is 18.0. The van der Waals surface area contributed by atoms with Gasteiger partial charge in [-0.1, -0.05) is 12.1 Å². The van der Waals surface area contributed by atoms with Crippen molar-refractivity contribution in [3.63, 3.8) is 0 Å². The minimum Gasteiger partial charge on any atom is -0.711 e. The van der Waals surface area contributed by atoms with Gasteiger partial charge in [0.05, 0.1) is 30.7 Å². The van der Waals surface area contributed by atoms with E-state index in [2.05, 4.69) is 0 Å². The minimum absolute atomic E-state index is 0.0548. The minimum atomic E-state index is -0.473. The molecule has 1 saturated heterocycles. The number of anilines is 1. The fourth-order valence-corrected chi connectivity index (χ4v) is 3.31. The summed E-state index contributed by atoms with van der Waals surface area (Å²) < 4.78 is 6.52. The summed E-state index contributed by atoms with van der Waals surface area (Å²) in [6.45, 7) is 4.16. The maximum atomic E-state index is 12.0. The molecule has 0 spiro atoms. The van der Waals surface area contributed by atoms with Gasteiger partial charge in [-0.3, -0.25) is 15.0 Å². The van der Waals surface area contributed by atoms with Crippen molar-refractivity contribution in [2.24, 2.45) is 5.92 Å². The summed E-state index contributed by atoms with van der Waals surface area (Å²) in [6, 6.07) is 10.6. The number of ether oxygens (including phenoxy) is 1. The molecule has 2 heterocycles. The molecule has 2 aromatic rings. The van der Waals surface area contributed by atoms with Crippen molar-refractivity contribution in [1.29, 1.82) is 0 Å². The fourth-order valence-electron chi connectivity index (χ4n) is 3.31. The van der Waals surface area contributed by atoms with E-state index in [1.165, 1.54) is 23.9 Å². The molecule has 1 aromatic carbocycles. The van der Waals surface area contributed by atoms with Crippen LogP contribution in [0.4, 0.5) is 11.5 Å². The molecule has 26 heavy (non-hydrogen) atoms. The van der Waals surface area contributed by atoms with Crippen LogP contribution in [0.2, 0.25) is 0 Å². The first-order valence-electron chi connectivity index (χ1n) is 8.85. The molecule has 0 amide bonds. The van der Waals surface area contributed by atoms with Crippen LogP contribution in [0.15, 0.2) is 42.6 Å². The van der Waals surface area contributed by atoms with Crippen LogP contribution in [-0.4, -0.2) is 24.6 Å². The number of aromatic nitrogens is 1. The number of aryl methyl sites for hydroxylation is 1. The van der Waals surface area contributed by atoms with Crippen LogP contribution < -0.4 is 14.4 Å².